The first kappa shape index (κ1) is 26.4. The van der Waals surface area contributed by atoms with Crippen molar-refractivity contribution in [1.82, 2.24) is 14.6 Å². The summed E-state index contributed by atoms with van der Waals surface area (Å²) in [5.41, 5.74) is -0.342. The molecule has 0 bridgehead atoms. The zero-order chi connectivity index (χ0) is 25.8. The highest BCUT2D eigenvalue weighted by Gasteiger charge is 2.32. The third kappa shape index (κ3) is 6.75. The van der Waals surface area contributed by atoms with E-state index in [1.165, 1.54) is 18.3 Å². The van der Waals surface area contributed by atoms with Gasteiger partial charge in [-0.15, -0.1) is 0 Å². The molecule has 0 amide bonds. The Morgan fingerprint density at radius 3 is 2.42 bits per heavy atom. The van der Waals surface area contributed by atoms with Crippen molar-refractivity contribution in [3.05, 3.63) is 53.9 Å². The highest BCUT2D eigenvalue weighted by atomic mass is 32.2. The van der Waals surface area contributed by atoms with Gasteiger partial charge in [-0.1, -0.05) is 0 Å². The molecule has 1 aliphatic carbocycles. The lowest BCUT2D eigenvalue weighted by Gasteiger charge is -2.37. The third-order valence-corrected chi connectivity index (χ3v) is 8.58. The van der Waals surface area contributed by atoms with E-state index in [-0.39, 0.29) is 16.5 Å². The first-order valence-electron chi connectivity index (χ1n) is 12.2. The number of pyridine rings is 1. The maximum atomic E-state index is 13.2. The number of nitriles is 1. The number of alkyl halides is 3. The van der Waals surface area contributed by atoms with Crippen LogP contribution in [0.5, 0.6) is 0 Å². The van der Waals surface area contributed by atoms with Gasteiger partial charge in [-0.3, -0.25) is 9.88 Å². The van der Waals surface area contributed by atoms with Crippen LogP contribution in [0.15, 0.2) is 47.6 Å². The van der Waals surface area contributed by atoms with Gasteiger partial charge in [-0.2, -0.15) is 18.4 Å². The van der Waals surface area contributed by atoms with Gasteiger partial charge in [0.25, 0.3) is 0 Å². The summed E-state index contributed by atoms with van der Waals surface area (Å²) in [7, 11) is -3.56. The predicted octanol–water partition coefficient (Wildman–Crippen LogP) is 4.02. The normalized spacial score (nSPS) is 21.8. The third-order valence-electron chi connectivity index (χ3n) is 7.08. The Balaban J connectivity index is 1.21. The maximum absolute atomic E-state index is 13.2. The van der Waals surface area contributed by atoms with E-state index in [0.717, 1.165) is 63.9 Å². The molecule has 2 aliphatic rings. The van der Waals surface area contributed by atoms with E-state index in [4.69, 9.17) is 5.26 Å². The molecule has 0 radical (unpaired) electrons. The molecule has 1 aliphatic heterocycles. The average molecular weight is 522 g/mol. The van der Waals surface area contributed by atoms with E-state index in [1.54, 1.807) is 12.3 Å². The van der Waals surface area contributed by atoms with Crippen molar-refractivity contribution < 1.29 is 21.6 Å². The number of aromatic nitrogens is 1. The second-order valence-corrected chi connectivity index (χ2v) is 11.2. The van der Waals surface area contributed by atoms with Crippen molar-refractivity contribution >= 4 is 15.7 Å². The summed E-state index contributed by atoms with van der Waals surface area (Å²) >= 11 is 0. The zero-order valence-corrected chi connectivity index (χ0v) is 20.7. The second kappa shape index (κ2) is 11.2. The summed E-state index contributed by atoms with van der Waals surface area (Å²) in [5, 5.41) is 9.13. The molecule has 2 aromatic rings. The average Bonchev–Trinajstić information content (AvgIpc) is 2.88. The van der Waals surface area contributed by atoms with E-state index < -0.39 is 21.8 Å². The number of sulfonamides is 1. The number of rotatable bonds is 7. The Morgan fingerprint density at radius 2 is 1.81 bits per heavy atom. The van der Waals surface area contributed by atoms with Crippen molar-refractivity contribution in [1.29, 1.82) is 5.26 Å². The molecule has 4 rings (SSSR count). The number of anilines is 1. The van der Waals surface area contributed by atoms with Crippen LogP contribution >= 0.6 is 0 Å². The fraction of sp³-hybridized carbons (Fsp3) is 0.520. The van der Waals surface area contributed by atoms with Crippen LogP contribution in [0.2, 0.25) is 0 Å². The lowest BCUT2D eigenvalue weighted by Crippen LogP contribution is -2.47. The number of nitrogens with zero attached hydrogens (tertiary/aromatic N) is 4. The van der Waals surface area contributed by atoms with Crippen LogP contribution < -0.4 is 9.62 Å². The fourth-order valence-corrected chi connectivity index (χ4v) is 6.25. The molecule has 1 aromatic heterocycles. The lowest BCUT2D eigenvalue weighted by molar-refractivity contribution is -0.137. The van der Waals surface area contributed by atoms with Gasteiger partial charge in [0.1, 0.15) is 4.90 Å². The minimum atomic E-state index is -4.49. The quantitative estimate of drug-likeness (QED) is 0.592. The van der Waals surface area contributed by atoms with Gasteiger partial charge in [-0.05, 0) is 74.9 Å². The second-order valence-electron chi connectivity index (χ2n) is 9.52. The SMILES string of the molecule is N#Cc1cc(N2CCN(CCC3CCC(NS(=O)(=O)c4cccnc4)CC3)CC2)cc(C(F)(F)F)c1. The van der Waals surface area contributed by atoms with Crippen LogP contribution in [0.25, 0.3) is 0 Å². The number of halogens is 3. The van der Waals surface area contributed by atoms with Gasteiger partial charge < -0.3 is 4.90 Å². The largest absolute Gasteiger partial charge is 0.416 e. The fourth-order valence-electron chi connectivity index (χ4n) is 4.98. The van der Waals surface area contributed by atoms with Crippen LogP contribution in [0, 0.1) is 17.2 Å². The monoisotopic (exact) mass is 521 g/mol. The van der Waals surface area contributed by atoms with Gasteiger partial charge in [-0.25, -0.2) is 13.1 Å². The van der Waals surface area contributed by atoms with E-state index in [0.29, 0.717) is 24.7 Å². The van der Waals surface area contributed by atoms with Crippen LogP contribution in [-0.4, -0.2) is 57.1 Å². The molecule has 1 saturated carbocycles. The minimum Gasteiger partial charge on any atom is -0.369 e. The molecular weight excluding hydrogens is 491 g/mol. The molecule has 1 saturated heterocycles. The van der Waals surface area contributed by atoms with Crippen molar-refractivity contribution in [3.63, 3.8) is 0 Å². The molecule has 0 unspecified atom stereocenters. The molecule has 36 heavy (non-hydrogen) atoms. The Kier molecular flexibility index (Phi) is 8.17. The van der Waals surface area contributed by atoms with Gasteiger partial charge in [0.2, 0.25) is 10.0 Å². The van der Waals surface area contributed by atoms with Crippen LogP contribution in [0.1, 0.15) is 43.2 Å². The molecule has 0 atom stereocenters. The molecule has 1 aromatic carbocycles. The maximum Gasteiger partial charge on any atom is 0.416 e. The number of benzene rings is 1. The number of hydrogen-bond donors (Lipinski definition) is 1. The summed E-state index contributed by atoms with van der Waals surface area (Å²) in [6.45, 7) is 3.62. The first-order valence-corrected chi connectivity index (χ1v) is 13.6. The molecule has 1 N–H and O–H groups in total. The molecule has 11 heteroatoms. The van der Waals surface area contributed by atoms with Crippen LogP contribution in [0.4, 0.5) is 18.9 Å². The van der Waals surface area contributed by atoms with Gasteiger partial charge in [0, 0.05) is 50.3 Å². The van der Waals surface area contributed by atoms with Gasteiger partial charge in [0.15, 0.2) is 0 Å². The van der Waals surface area contributed by atoms with Gasteiger partial charge in [0.05, 0.1) is 17.2 Å². The summed E-state index contributed by atoms with van der Waals surface area (Å²) in [4.78, 5) is 8.30. The number of piperazine rings is 1. The molecule has 194 valence electrons. The van der Waals surface area contributed by atoms with E-state index >= 15 is 0 Å². The van der Waals surface area contributed by atoms with E-state index in [2.05, 4.69) is 14.6 Å². The Bertz CT molecular complexity index is 1170. The zero-order valence-electron chi connectivity index (χ0n) is 19.9. The predicted molar refractivity (Wildman–Crippen MR) is 130 cm³/mol. The smallest absolute Gasteiger partial charge is 0.369 e. The van der Waals surface area contributed by atoms with E-state index in [1.807, 2.05) is 11.0 Å². The van der Waals surface area contributed by atoms with Crippen molar-refractivity contribution in [2.24, 2.45) is 5.92 Å². The summed E-state index contributed by atoms with van der Waals surface area (Å²) in [5.74, 6) is 0.531. The highest BCUT2D eigenvalue weighted by molar-refractivity contribution is 7.89. The molecule has 0 spiro atoms. The molecule has 2 fully saturated rings. The molecule has 2 heterocycles. The van der Waals surface area contributed by atoms with Crippen molar-refractivity contribution in [3.8, 4) is 6.07 Å². The molecular formula is C25H30F3N5O2S. The number of nitrogens with one attached hydrogen (secondary N) is 1. The van der Waals surface area contributed by atoms with Crippen LogP contribution in [0.3, 0.4) is 0 Å². The summed E-state index contributed by atoms with van der Waals surface area (Å²) < 4.78 is 67.4. The lowest BCUT2D eigenvalue weighted by atomic mass is 9.84. The van der Waals surface area contributed by atoms with Gasteiger partial charge >= 0.3 is 6.18 Å². The van der Waals surface area contributed by atoms with E-state index in [9.17, 15) is 21.6 Å². The Morgan fingerprint density at radius 1 is 1.08 bits per heavy atom. The highest BCUT2D eigenvalue weighted by Crippen LogP contribution is 2.33. The van der Waals surface area contributed by atoms with Crippen molar-refractivity contribution in [2.45, 2.75) is 49.2 Å². The Labute approximate surface area is 210 Å². The minimum absolute atomic E-state index is 0.0144. The summed E-state index contributed by atoms with van der Waals surface area (Å²) in [6, 6.07) is 8.43. The summed E-state index contributed by atoms with van der Waals surface area (Å²) in [6.07, 6.45) is 2.94. The van der Waals surface area contributed by atoms with Crippen LogP contribution in [-0.2, 0) is 16.2 Å². The van der Waals surface area contributed by atoms with Crippen molar-refractivity contribution in [2.75, 3.05) is 37.6 Å². The first-order chi connectivity index (χ1) is 17.1. The Hall–Kier alpha value is -2.68. The molecule has 7 nitrogen and oxygen atoms in total. The standard InChI is InChI=1S/C25H30F3N5O2S/c26-25(27,28)21-14-20(17-29)15-23(16-21)33-12-10-32(11-13-33)9-7-19-3-5-22(6-4-19)31-36(34,35)24-2-1-8-30-18-24/h1-2,8,14-16,18-19,22,31H,3-7,9-13H2. The number of hydrogen-bond acceptors (Lipinski definition) is 6. The topological polar surface area (TPSA) is 89.3 Å².